The molecule has 0 saturated heterocycles. The van der Waals surface area contributed by atoms with Crippen molar-refractivity contribution in [1.29, 1.82) is 0 Å². The van der Waals surface area contributed by atoms with Gasteiger partial charge in [-0.15, -0.1) is 0 Å². The Bertz CT molecular complexity index is 769. The summed E-state index contributed by atoms with van der Waals surface area (Å²) < 4.78 is 16.5. The lowest BCUT2D eigenvalue weighted by molar-refractivity contribution is -0.131. The van der Waals surface area contributed by atoms with Crippen LogP contribution >= 0.6 is 15.9 Å². The average Bonchev–Trinajstić information content (AvgIpc) is 2.65. The third-order valence-corrected chi connectivity index (χ3v) is 4.35. The summed E-state index contributed by atoms with van der Waals surface area (Å²) in [7, 11) is 4.56. The number of amides is 1. The first-order chi connectivity index (χ1) is 12.5. The molecule has 0 heterocycles. The number of hydrogen-bond acceptors (Lipinski definition) is 6. The number of methoxy groups -OCH3 is 3. The standard InChI is InChI=1S/C18H20BrN3O4/c1-24-14-8-11(9-15(25-2)16(14)19)10-21-22-18(23)17(26-3)12-4-6-13(20)7-5-12/h4-10,17H,20H2,1-3H3,(H,22,23). The Hall–Kier alpha value is -2.58. The Morgan fingerprint density at radius 3 is 2.23 bits per heavy atom. The van der Waals surface area contributed by atoms with E-state index in [-0.39, 0.29) is 0 Å². The van der Waals surface area contributed by atoms with Crippen LogP contribution in [0, 0.1) is 0 Å². The van der Waals surface area contributed by atoms with E-state index in [1.54, 1.807) is 50.6 Å². The molecule has 0 spiro atoms. The van der Waals surface area contributed by atoms with Gasteiger partial charge < -0.3 is 19.9 Å². The maximum atomic E-state index is 12.3. The van der Waals surface area contributed by atoms with Crippen molar-refractivity contribution in [2.75, 3.05) is 27.1 Å². The molecule has 1 unspecified atom stereocenters. The number of nitrogen functional groups attached to an aromatic ring is 1. The second-order valence-corrected chi connectivity index (χ2v) is 6.05. The van der Waals surface area contributed by atoms with Gasteiger partial charge in [0.15, 0.2) is 6.10 Å². The van der Waals surface area contributed by atoms with Crippen molar-refractivity contribution in [2.24, 2.45) is 5.10 Å². The summed E-state index contributed by atoms with van der Waals surface area (Å²) in [5.41, 5.74) is 10.1. The van der Waals surface area contributed by atoms with Crippen molar-refractivity contribution >= 4 is 33.7 Å². The van der Waals surface area contributed by atoms with Crippen LogP contribution in [-0.2, 0) is 9.53 Å². The van der Waals surface area contributed by atoms with Gasteiger partial charge >= 0.3 is 0 Å². The van der Waals surface area contributed by atoms with Gasteiger partial charge in [0.1, 0.15) is 16.0 Å². The lowest BCUT2D eigenvalue weighted by atomic mass is 10.1. The van der Waals surface area contributed by atoms with Gasteiger partial charge in [-0.1, -0.05) is 12.1 Å². The van der Waals surface area contributed by atoms with Crippen LogP contribution in [0.25, 0.3) is 0 Å². The maximum Gasteiger partial charge on any atom is 0.273 e. The lowest BCUT2D eigenvalue weighted by Gasteiger charge is -2.14. The first kappa shape index (κ1) is 19.7. The van der Waals surface area contributed by atoms with Crippen LogP contribution in [0.4, 0.5) is 5.69 Å². The van der Waals surface area contributed by atoms with Crippen LogP contribution in [0.1, 0.15) is 17.2 Å². The predicted octanol–water partition coefficient (Wildman–Crippen LogP) is 2.89. The summed E-state index contributed by atoms with van der Waals surface area (Å²) in [6.45, 7) is 0. The third-order valence-electron chi connectivity index (χ3n) is 3.57. The molecule has 1 amide bonds. The molecule has 1 atom stereocenters. The minimum atomic E-state index is -0.790. The fourth-order valence-corrected chi connectivity index (χ4v) is 2.81. The highest BCUT2D eigenvalue weighted by Gasteiger charge is 2.19. The molecule has 8 heteroatoms. The van der Waals surface area contributed by atoms with Crippen molar-refractivity contribution in [3.63, 3.8) is 0 Å². The van der Waals surface area contributed by atoms with E-state index in [1.807, 2.05) is 0 Å². The van der Waals surface area contributed by atoms with Crippen molar-refractivity contribution < 1.29 is 19.0 Å². The van der Waals surface area contributed by atoms with Gasteiger partial charge in [-0.2, -0.15) is 5.10 Å². The zero-order valence-electron chi connectivity index (χ0n) is 14.7. The van der Waals surface area contributed by atoms with E-state index in [1.165, 1.54) is 13.3 Å². The minimum absolute atomic E-state index is 0.399. The number of carbonyl (C=O) groups excluding carboxylic acids is 1. The molecular formula is C18H20BrN3O4. The normalized spacial score (nSPS) is 12.0. The number of carbonyl (C=O) groups is 1. The first-order valence-electron chi connectivity index (χ1n) is 7.62. The average molecular weight is 422 g/mol. The van der Waals surface area contributed by atoms with Gasteiger partial charge in [0.05, 0.1) is 20.4 Å². The fraction of sp³-hybridized carbons (Fsp3) is 0.222. The molecule has 26 heavy (non-hydrogen) atoms. The summed E-state index contributed by atoms with van der Waals surface area (Å²) >= 11 is 3.40. The van der Waals surface area contributed by atoms with E-state index >= 15 is 0 Å². The molecular weight excluding hydrogens is 402 g/mol. The number of nitrogens with zero attached hydrogens (tertiary/aromatic N) is 1. The lowest BCUT2D eigenvalue weighted by Crippen LogP contribution is -2.26. The Morgan fingerprint density at radius 1 is 1.15 bits per heavy atom. The Balaban J connectivity index is 2.11. The Kier molecular flexibility index (Phi) is 6.99. The van der Waals surface area contributed by atoms with Gasteiger partial charge in [-0.05, 0) is 45.8 Å². The van der Waals surface area contributed by atoms with Crippen LogP contribution in [0.2, 0.25) is 0 Å². The molecule has 0 radical (unpaired) electrons. The first-order valence-corrected chi connectivity index (χ1v) is 8.42. The molecule has 3 N–H and O–H groups in total. The molecule has 2 rings (SSSR count). The van der Waals surface area contributed by atoms with Crippen LogP contribution in [0.15, 0.2) is 46.0 Å². The number of nitrogens with two attached hydrogens (primary N) is 1. The number of benzene rings is 2. The predicted molar refractivity (Wildman–Crippen MR) is 104 cm³/mol. The second-order valence-electron chi connectivity index (χ2n) is 5.26. The second kappa shape index (κ2) is 9.21. The number of rotatable bonds is 7. The number of hydrogen-bond donors (Lipinski definition) is 2. The molecule has 0 fully saturated rings. The number of ether oxygens (including phenoxy) is 3. The third kappa shape index (κ3) is 4.74. The van der Waals surface area contributed by atoms with Crippen molar-refractivity contribution in [3.8, 4) is 11.5 Å². The topological polar surface area (TPSA) is 95.2 Å². The summed E-state index contributed by atoms with van der Waals surface area (Å²) in [5.74, 6) is 0.784. The van der Waals surface area contributed by atoms with Gasteiger partial charge in [0.2, 0.25) is 0 Å². The number of nitrogens with one attached hydrogen (secondary N) is 1. The quantitative estimate of drug-likeness (QED) is 0.407. The SMILES string of the molecule is COc1cc(C=NNC(=O)C(OC)c2ccc(N)cc2)cc(OC)c1Br. The molecule has 7 nitrogen and oxygen atoms in total. The van der Waals surface area contributed by atoms with E-state index in [9.17, 15) is 4.79 Å². The van der Waals surface area contributed by atoms with Crippen molar-refractivity contribution in [1.82, 2.24) is 5.43 Å². The van der Waals surface area contributed by atoms with E-state index in [2.05, 4.69) is 26.5 Å². The zero-order chi connectivity index (χ0) is 19.1. The highest BCUT2D eigenvalue weighted by atomic mass is 79.9. The molecule has 138 valence electrons. The zero-order valence-corrected chi connectivity index (χ0v) is 16.2. The smallest absolute Gasteiger partial charge is 0.273 e. The molecule has 0 aliphatic rings. The number of hydrazone groups is 1. The van der Waals surface area contributed by atoms with Crippen molar-refractivity contribution in [2.45, 2.75) is 6.10 Å². The molecule has 0 aliphatic heterocycles. The van der Waals surface area contributed by atoms with Gasteiger partial charge in [0.25, 0.3) is 5.91 Å². The summed E-state index contributed by atoms with van der Waals surface area (Å²) in [6.07, 6.45) is 0.701. The number of anilines is 1. The van der Waals surface area contributed by atoms with Gasteiger partial charge in [0, 0.05) is 18.4 Å². The van der Waals surface area contributed by atoms with Gasteiger partial charge in [-0.25, -0.2) is 5.43 Å². The minimum Gasteiger partial charge on any atom is -0.495 e. The largest absolute Gasteiger partial charge is 0.495 e. The molecule has 0 bridgehead atoms. The van der Waals surface area contributed by atoms with E-state index in [4.69, 9.17) is 19.9 Å². The monoisotopic (exact) mass is 421 g/mol. The number of halogens is 1. The fourth-order valence-electron chi connectivity index (χ4n) is 2.26. The summed E-state index contributed by atoms with van der Waals surface area (Å²) in [5, 5.41) is 3.98. The Morgan fingerprint density at radius 2 is 1.73 bits per heavy atom. The highest BCUT2D eigenvalue weighted by molar-refractivity contribution is 9.10. The van der Waals surface area contributed by atoms with Gasteiger partial charge in [-0.3, -0.25) is 4.79 Å². The van der Waals surface area contributed by atoms with Crippen LogP contribution in [0.5, 0.6) is 11.5 Å². The van der Waals surface area contributed by atoms with Crippen molar-refractivity contribution in [3.05, 3.63) is 52.0 Å². The van der Waals surface area contributed by atoms with Crippen LogP contribution in [0.3, 0.4) is 0 Å². The summed E-state index contributed by atoms with van der Waals surface area (Å²) in [6, 6.07) is 10.4. The summed E-state index contributed by atoms with van der Waals surface area (Å²) in [4.78, 5) is 12.3. The molecule has 0 saturated carbocycles. The maximum absolute atomic E-state index is 12.3. The molecule has 2 aromatic carbocycles. The van der Waals surface area contributed by atoms with E-state index in [0.717, 1.165) is 0 Å². The van der Waals surface area contributed by atoms with Crippen LogP contribution in [-0.4, -0.2) is 33.5 Å². The molecule has 0 aliphatic carbocycles. The van der Waals surface area contributed by atoms with Crippen LogP contribution < -0.4 is 20.6 Å². The molecule has 2 aromatic rings. The van der Waals surface area contributed by atoms with E-state index in [0.29, 0.717) is 32.8 Å². The highest BCUT2D eigenvalue weighted by Crippen LogP contribution is 2.35. The Labute approximate surface area is 160 Å². The van der Waals surface area contributed by atoms with E-state index < -0.39 is 12.0 Å². The molecule has 0 aromatic heterocycles.